The van der Waals surface area contributed by atoms with Gasteiger partial charge in [-0.3, -0.25) is 4.99 Å². The number of imidazole rings is 1. The number of aromatic amines is 1. The Bertz CT molecular complexity index is 1080. The van der Waals surface area contributed by atoms with Gasteiger partial charge in [-0.25, -0.2) is 9.78 Å². The second-order valence-corrected chi connectivity index (χ2v) is 8.51. The molecule has 0 spiro atoms. The predicted octanol–water partition coefficient (Wildman–Crippen LogP) is 0.460. The second kappa shape index (κ2) is 11.0. The summed E-state index contributed by atoms with van der Waals surface area (Å²) >= 11 is 0. The summed E-state index contributed by atoms with van der Waals surface area (Å²) in [6.45, 7) is 5.01. The molecule has 0 bridgehead atoms. The summed E-state index contributed by atoms with van der Waals surface area (Å²) in [7, 11) is -0.327. The summed E-state index contributed by atoms with van der Waals surface area (Å²) in [6, 6.07) is 6.43. The number of aromatic nitrogens is 2. The standard InChI is InChI=1S/C22H30BN7O4/c1-13(2)17(29-22(31)34-3)11-27-21(25)30-8-4-5-19(30)20-26-12-18(28-20)16-7-6-15(23(32)33)9-14(16)10-24/h6-7,9,12-13,17,19,32-33H,4-5,8,11H2,1-3H3,(H2,25,27)(H,26,28)(H,29,31). The fourth-order valence-corrected chi connectivity index (χ4v) is 3.93. The molecule has 0 aliphatic carbocycles. The third-order valence-electron chi connectivity index (χ3n) is 5.95. The topological polar surface area (TPSA) is 173 Å². The molecule has 3 rings (SSSR count). The van der Waals surface area contributed by atoms with Crippen LogP contribution in [0.1, 0.15) is 44.1 Å². The lowest BCUT2D eigenvalue weighted by molar-refractivity contribution is 0.163. The van der Waals surface area contributed by atoms with Crippen LogP contribution >= 0.6 is 0 Å². The minimum Gasteiger partial charge on any atom is -0.453 e. The van der Waals surface area contributed by atoms with Crippen LogP contribution in [0.15, 0.2) is 29.4 Å². The van der Waals surface area contributed by atoms with Gasteiger partial charge in [-0.1, -0.05) is 26.0 Å². The smallest absolute Gasteiger partial charge is 0.453 e. The van der Waals surface area contributed by atoms with Gasteiger partial charge in [0.25, 0.3) is 0 Å². The molecule has 1 amide bonds. The largest absolute Gasteiger partial charge is 0.488 e. The monoisotopic (exact) mass is 467 g/mol. The van der Waals surface area contributed by atoms with E-state index in [1.807, 2.05) is 18.7 Å². The minimum absolute atomic E-state index is 0.104. The highest BCUT2D eigenvalue weighted by molar-refractivity contribution is 6.58. The number of likely N-dealkylation sites (tertiary alicyclic amines) is 1. The number of rotatable bonds is 7. The first-order valence-electron chi connectivity index (χ1n) is 11.1. The Labute approximate surface area is 198 Å². The van der Waals surface area contributed by atoms with Gasteiger partial charge in [0.2, 0.25) is 0 Å². The number of carbonyl (C=O) groups is 1. The zero-order chi connectivity index (χ0) is 24.8. The van der Waals surface area contributed by atoms with E-state index < -0.39 is 13.2 Å². The molecule has 6 N–H and O–H groups in total. The zero-order valence-corrected chi connectivity index (χ0v) is 19.5. The molecule has 11 nitrogen and oxygen atoms in total. The van der Waals surface area contributed by atoms with E-state index in [0.29, 0.717) is 35.1 Å². The van der Waals surface area contributed by atoms with Gasteiger partial charge in [-0.05, 0) is 30.3 Å². The Morgan fingerprint density at radius 3 is 2.91 bits per heavy atom. The first kappa shape index (κ1) is 25.1. The van der Waals surface area contributed by atoms with Crippen molar-refractivity contribution in [1.82, 2.24) is 20.2 Å². The number of nitrogens with zero attached hydrogens (tertiary/aromatic N) is 4. The number of H-pyrrole nitrogens is 1. The van der Waals surface area contributed by atoms with Crippen molar-refractivity contribution < 1.29 is 19.6 Å². The van der Waals surface area contributed by atoms with Gasteiger partial charge in [0.15, 0.2) is 5.96 Å². The molecule has 1 saturated heterocycles. The first-order valence-corrected chi connectivity index (χ1v) is 11.1. The summed E-state index contributed by atoms with van der Waals surface area (Å²) in [6.07, 6.45) is 2.89. The average Bonchev–Trinajstić information content (AvgIpc) is 3.50. The third kappa shape index (κ3) is 5.67. The quantitative estimate of drug-likeness (QED) is 0.222. The highest BCUT2D eigenvalue weighted by Crippen LogP contribution is 2.31. The fourth-order valence-electron chi connectivity index (χ4n) is 3.93. The Hall–Kier alpha value is -3.56. The number of ether oxygens (including phenoxy) is 1. The van der Waals surface area contributed by atoms with Crippen molar-refractivity contribution in [3.63, 3.8) is 0 Å². The van der Waals surface area contributed by atoms with Crippen LogP contribution in [0.2, 0.25) is 0 Å². The Kier molecular flexibility index (Phi) is 8.15. The van der Waals surface area contributed by atoms with Gasteiger partial charge < -0.3 is 35.7 Å². The van der Waals surface area contributed by atoms with Crippen LogP contribution in [-0.4, -0.2) is 70.3 Å². The Morgan fingerprint density at radius 1 is 1.50 bits per heavy atom. The molecule has 1 fully saturated rings. The van der Waals surface area contributed by atoms with Crippen molar-refractivity contribution in [2.75, 3.05) is 20.2 Å². The second-order valence-electron chi connectivity index (χ2n) is 8.51. The summed E-state index contributed by atoms with van der Waals surface area (Å²) in [4.78, 5) is 25.9. The number of hydrogen-bond acceptors (Lipinski definition) is 7. The van der Waals surface area contributed by atoms with Gasteiger partial charge in [-0.2, -0.15) is 5.26 Å². The molecule has 12 heteroatoms. The van der Waals surface area contributed by atoms with E-state index in [2.05, 4.69) is 31.1 Å². The molecule has 2 unspecified atom stereocenters. The highest BCUT2D eigenvalue weighted by atomic mass is 16.5. The number of alkyl carbamates (subject to hydrolysis) is 1. The van der Waals surface area contributed by atoms with E-state index in [9.17, 15) is 20.1 Å². The van der Waals surface area contributed by atoms with E-state index in [0.717, 1.165) is 19.4 Å². The van der Waals surface area contributed by atoms with E-state index >= 15 is 0 Å². The van der Waals surface area contributed by atoms with Crippen molar-refractivity contribution >= 4 is 24.6 Å². The maximum atomic E-state index is 11.6. The molecule has 1 aromatic heterocycles. The number of nitriles is 1. The molecule has 2 aromatic rings. The average molecular weight is 467 g/mol. The van der Waals surface area contributed by atoms with Gasteiger partial charge >= 0.3 is 13.2 Å². The minimum atomic E-state index is -1.65. The number of hydrogen-bond donors (Lipinski definition) is 5. The van der Waals surface area contributed by atoms with Crippen LogP contribution in [0.5, 0.6) is 0 Å². The van der Waals surface area contributed by atoms with Crippen LogP contribution in [0.25, 0.3) is 11.3 Å². The number of carbonyl (C=O) groups excluding carboxylic acids is 1. The van der Waals surface area contributed by atoms with Gasteiger partial charge in [0.05, 0.1) is 49.3 Å². The Balaban J connectivity index is 1.78. The fraction of sp³-hybridized carbons (Fsp3) is 0.455. The molecular formula is C22H30BN7O4. The van der Waals surface area contributed by atoms with E-state index in [-0.39, 0.29) is 23.5 Å². The van der Waals surface area contributed by atoms with Crippen LogP contribution in [0.3, 0.4) is 0 Å². The molecule has 34 heavy (non-hydrogen) atoms. The summed E-state index contributed by atoms with van der Waals surface area (Å²) in [5.74, 6) is 1.22. The first-order chi connectivity index (χ1) is 16.2. The third-order valence-corrected chi connectivity index (χ3v) is 5.95. The van der Waals surface area contributed by atoms with Gasteiger partial charge in [0, 0.05) is 12.1 Å². The SMILES string of the molecule is COC(=O)NC(CN=C(N)N1CCCC1c1ncc(-c2ccc(B(O)O)cc2C#N)[nH]1)C(C)C. The maximum Gasteiger partial charge on any atom is 0.488 e. The lowest BCUT2D eigenvalue weighted by Crippen LogP contribution is -2.43. The van der Waals surface area contributed by atoms with Crippen molar-refractivity contribution in [1.29, 1.82) is 5.26 Å². The van der Waals surface area contributed by atoms with Crippen molar-refractivity contribution in [2.45, 2.75) is 38.8 Å². The van der Waals surface area contributed by atoms with Crippen LogP contribution < -0.4 is 16.5 Å². The molecule has 1 aromatic carbocycles. The molecule has 180 valence electrons. The summed E-state index contributed by atoms with van der Waals surface area (Å²) in [5, 5.41) is 31.0. The number of nitrogens with two attached hydrogens (primary N) is 1. The number of amides is 1. The number of methoxy groups -OCH3 is 1. The van der Waals surface area contributed by atoms with Gasteiger partial charge in [-0.15, -0.1) is 0 Å². The molecule has 2 heterocycles. The van der Waals surface area contributed by atoms with Crippen LogP contribution in [-0.2, 0) is 4.74 Å². The lowest BCUT2D eigenvalue weighted by atomic mass is 9.79. The van der Waals surface area contributed by atoms with Crippen molar-refractivity contribution in [3.8, 4) is 17.3 Å². The van der Waals surface area contributed by atoms with E-state index in [1.54, 1.807) is 18.3 Å². The van der Waals surface area contributed by atoms with Gasteiger partial charge in [0.1, 0.15) is 5.82 Å². The molecule has 1 aliphatic rings. The summed E-state index contributed by atoms with van der Waals surface area (Å²) < 4.78 is 4.69. The zero-order valence-electron chi connectivity index (χ0n) is 19.5. The molecule has 0 saturated carbocycles. The normalized spacial score (nSPS) is 16.9. The highest BCUT2D eigenvalue weighted by Gasteiger charge is 2.30. The molecular weight excluding hydrogens is 437 g/mol. The number of nitrogens with one attached hydrogen (secondary N) is 2. The molecule has 0 radical (unpaired) electrons. The van der Waals surface area contributed by atoms with E-state index in [1.165, 1.54) is 13.2 Å². The Morgan fingerprint density at radius 2 is 2.26 bits per heavy atom. The maximum absolute atomic E-state index is 11.6. The van der Waals surface area contributed by atoms with Crippen molar-refractivity contribution in [3.05, 3.63) is 35.8 Å². The predicted molar refractivity (Wildman–Crippen MR) is 128 cm³/mol. The number of guanidine groups is 1. The lowest BCUT2D eigenvalue weighted by Gasteiger charge is -2.25. The number of benzene rings is 1. The molecule has 1 aliphatic heterocycles. The van der Waals surface area contributed by atoms with Crippen molar-refractivity contribution in [2.24, 2.45) is 16.6 Å². The summed E-state index contributed by atoms with van der Waals surface area (Å²) in [5.41, 5.74) is 8.14. The van der Waals surface area contributed by atoms with E-state index in [4.69, 9.17) is 5.73 Å². The van der Waals surface area contributed by atoms with Crippen LogP contribution in [0.4, 0.5) is 4.79 Å². The number of aliphatic imine (C=N–C) groups is 1. The molecule has 2 atom stereocenters. The van der Waals surface area contributed by atoms with Crippen LogP contribution in [0, 0.1) is 17.2 Å².